The van der Waals surface area contributed by atoms with Crippen molar-refractivity contribution in [2.45, 2.75) is 75.6 Å². The van der Waals surface area contributed by atoms with E-state index in [1.165, 1.54) is 0 Å². The molecule has 0 spiro atoms. The van der Waals surface area contributed by atoms with Crippen LogP contribution in [-0.4, -0.2) is 39.5 Å². The predicted octanol–water partition coefficient (Wildman–Crippen LogP) is 6.06. The number of nitrogens with one attached hydrogen (secondary N) is 1. The second-order valence-corrected chi connectivity index (χ2v) is 11.7. The topological polar surface area (TPSA) is 69.6 Å². The molecule has 2 aliphatic rings. The standard InChI is InChI=1S/C32H35ClN2O3/c1-32(2,20-21-10-4-3-5-11-21)34-30(37)28-24-12-6-7-13-25(24)31(38)35(26-14-8-9-15-27(26)36)29(28)22-16-18-23(33)19-17-22/h3-7,10-13,16-19,26-29,36H,8-9,14-15,20H2,1-2H3,(H,34,37)/t26-,27-,28+,29-/m0/s1. The van der Waals surface area contributed by atoms with Gasteiger partial charge in [-0.25, -0.2) is 0 Å². The SMILES string of the molecule is CC(C)(Cc1ccccc1)NC(=O)[C@@H]1c2ccccc2C(=O)N([C@H]2CCCC[C@@H]2O)[C@H]1c1ccc(Cl)cc1. The minimum Gasteiger partial charge on any atom is -0.391 e. The molecule has 6 heteroatoms. The zero-order valence-corrected chi connectivity index (χ0v) is 22.7. The van der Waals surface area contributed by atoms with E-state index in [0.717, 1.165) is 24.0 Å². The second-order valence-electron chi connectivity index (χ2n) is 11.2. The van der Waals surface area contributed by atoms with Gasteiger partial charge in [-0.05, 0) is 68.0 Å². The number of fused-ring (bicyclic) bond motifs is 1. The average Bonchev–Trinajstić information content (AvgIpc) is 2.90. The van der Waals surface area contributed by atoms with Gasteiger partial charge in [-0.15, -0.1) is 0 Å². The first-order valence-electron chi connectivity index (χ1n) is 13.5. The lowest BCUT2D eigenvalue weighted by Gasteiger charge is -2.48. The molecule has 3 aromatic rings. The van der Waals surface area contributed by atoms with Crippen molar-refractivity contribution in [2.24, 2.45) is 0 Å². The molecule has 1 saturated carbocycles. The number of hydrogen-bond donors (Lipinski definition) is 2. The average molecular weight is 531 g/mol. The van der Waals surface area contributed by atoms with E-state index in [0.29, 0.717) is 35.4 Å². The Balaban J connectivity index is 1.59. The number of aliphatic hydroxyl groups is 1. The van der Waals surface area contributed by atoms with Gasteiger partial charge >= 0.3 is 0 Å². The number of benzene rings is 3. The summed E-state index contributed by atoms with van der Waals surface area (Å²) in [5.41, 5.74) is 2.69. The molecule has 38 heavy (non-hydrogen) atoms. The largest absolute Gasteiger partial charge is 0.391 e. The van der Waals surface area contributed by atoms with Crippen LogP contribution in [-0.2, 0) is 11.2 Å². The number of aliphatic hydroxyl groups excluding tert-OH is 1. The van der Waals surface area contributed by atoms with Crippen molar-refractivity contribution in [2.75, 3.05) is 0 Å². The Morgan fingerprint density at radius 1 is 0.974 bits per heavy atom. The Morgan fingerprint density at radius 2 is 1.63 bits per heavy atom. The summed E-state index contributed by atoms with van der Waals surface area (Å²) in [4.78, 5) is 30.2. The fourth-order valence-corrected chi connectivity index (χ4v) is 6.32. The summed E-state index contributed by atoms with van der Waals surface area (Å²) >= 11 is 6.23. The monoisotopic (exact) mass is 530 g/mol. The molecule has 0 bridgehead atoms. The van der Waals surface area contributed by atoms with Crippen LogP contribution in [0.1, 0.15) is 78.5 Å². The smallest absolute Gasteiger partial charge is 0.255 e. The van der Waals surface area contributed by atoms with Gasteiger partial charge in [0.05, 0.1) is 24.1 Å². The summed E-state index contributed by atoms with van der Waals surface area (Å²) in [5, 5.41) is 15.0. The van der Waals surface area contributed by atoms with E-state index in [-0.39, 0.29) is 17.9 Å². The van der Waals surface area contributed by atoms with Crippen LogP contribution >= 0.6 is 11.6 Å². The summed E-state index contributed by atoms with van der Waals surface area (Å²) in [6.45, 7) is 4.05. The van der Waals surface area contributed by atoms with Gasteiger partial charge in [-0.2, -0.15) is 0 Å². The highest BCUT2D eigenvalue weighted by atomic mass is 35.5. The van der Waals surface area contributed by atoms with Crippen molar-refractivity contribution in [1.82, 2.24) is 10.2 Å². The third kappa shape index (κ3) is 5.36. The molecule has 0 radical (unpaired) electrons. The Morgan fingerprint density at radius 3 is 2.34 bits per heavy atom. The van der Waals surface area contributed by atoms with Crippen LogP contribution < -0.4 is 5.32 Å². The lowest BCUT2D eigenvalue weighted by molar-refractivity contribution is -0.126. The first kappa shape index (κ1) is 26.5. The second kappa shape index (κ2) is 10.9. The Labute approximate surface area is 229 Å². The molecular formula is C32H35ClN2O3. The van der Waals surface area contributed by atoms with E-state index in [9.17, 15) is 14.7 Å². The van der Waals surface area contributed by atoms with E-state index in [4.69, 9.17) is 11.6 Å². The van der Waals surface area contributed by atoms with Crippen LogP contribution in [0.25, 0.3) is 0 Å². The zero-order valence-electron chi connectivity index (χ0n) is 21.9. The third-order valence-electron chi connectivity index (χ3n) is 7.87. The molecule has 1 heterocycles. The molecule has 5 rings (SSSR count). The van der Waals surface area contributed by atoms with Crippen LogP contribution in [0.4, 0.5) is 0 Å². The number of carbonyl (C=O) groups is 2. The number of amides is 2. The molecule has 5 nitrogen and oxygen atoms in total. The lowest BCUT2D eigenvalue weighted by atomic mass is 9.76. The molecule has 1 aliphatic heterocycles. The van der Waals surface area contributed by atoms with E-state index in [2.05, 4.69) is 17.4 Å². The van der Waals surface area contributed by atoms with E-state index >= 15 is 0 Å². The molecule has 4 atom stereocenters. The maximum atomic E-state index is 14.3. The Bertz CT molecular complexity index is 1290. The highest BCUT2D eigenvalue weighted by molar-refractivity contribution is 6.30. The van der Waals surface area contributed by atoms with Gasteiger partial charge in [0.15, 0.2) is 0 Å². The zero-order chi connectivity index (χ0) is 26.9. The van der Waals surface area contributed by atoms with Gasteiger partial charge < -0.3 is 15.3 Å². The fraction of sp³-hybridized carbons (Fsp3) is 0.375. The quantitative estimate of drug-likeness (QED) is 0.407. The van der Waals surface area contributed by atoms with Crippen LogP contribution in [0.15, 0.2) is 78.9 Å². The Hall–Kier alpha value is -3.15. The third-order valence-corrected chi connectivity index (χ3v) is 8.12. The van der Waals surface area contributed by atoms with E-state index < -0.39 is 23.6 Å². The maximum Gasteiger partial charge on any atom is 0.255 e. The minimum atomic E-state index is -0.644. The van der Waals surface area contributed by atoms with E-state index in [1.807, 2.05) is 62.4 Å². The van der Waals surface area contributed by atoms with Crippen molar-refractivity contribution in [3.63, 3.8) is 0 Å². The van der Waals surface area contributed by atoms with Crippen molar-refractivity contribution >= 4 is 23.4 Å². The van der Waals surface area contributed by atoms with Gasteiger partial charge in [0, 0.05) is 16.1 Å². The van der Waals surface area contributed by atoms with Gasteiger partial charge in [0.25, 0.3) is 5.91 Å². The predicted molar refractivity (Wildman–Crippen MR) is 150 cm³/mol. The molecule has 0 unspecified atom stereocenters. The number of rotatable bonds is 6. The summed E-state index contributed by atoms with van der Waals surface area (Å²) in [6, 6.07) is 24.0. The number of halogens is 1. The molecular weight excluding hydrogens is 496 g/mol. The molecule has 2 N–H and O–H groups in total. The first-order valence-corrected chi connectivity index (χ1v) is 13.8. The first-order chi connectivity index (χ1) is 18.2. The minimum absolute atomic E-state index is 0.138. The Kier molecular flexibility index (Phi) is 7.60. The van der Waals surface area contributed by atoms with Gasteiger partial charge in [0.1, 0.15) is 0 Å². The number of carbonyl (C=O) groups excluding carboxylic acids is 2. The summed E-state index contributed by atoms with van der Waals surface area (Å²) in [5.74, 6) is -0.922. The van der Waals surface area contributed by atoms with Crippen LogP contribution in [0, 0.1) is 0 Å². The molecule has 198 valence electrons. The fourth-order valence-electron chi connectivity index (χ4n) is 6.19. The maximum absolute atomic E-state index is 14.3. The summed E-state index contributed by atoms with van der Waals surface area (Å²) < 4.78 is 0. The molecule has 0 aromatic heterocycles. The highest BCUT2D eigenvalue weighted by Gasteiger charge is 2.48. The van der Waals surface area contributed by atoms with Crippen LogP contribution in [0.5, 0.6) is 0 Å². The van der Waals surface area contributed by atoms with Crippen LogP contribution in [0.3, 0.4) is 0 Å². The van der Waals surface area contributed by atoms with Gasteiger partial charge in [0.2, 0.25) is 5.91 Å². The van der Waals surface area contributed by atoms with E-state index in [1.54, 1.807) is 23.1 Å². The van der Waals surface area contributed by atoms with Crippen molar-refractivity contribution in [1.29, 1.82) is 0 Å². The summed E-state index contributed by atoms with van der Waals surface area (Å²) in [7, 11) is 0. The summed E-state index contributed by atoms with van der Waals surface area (Å²) in [6.07, 6.45) is 3.24. The molecule has 2 amide bonds. The van der Waals surface area contributed by atoms with Crippen molar-refractivity contribution in [3.05, 3.63) is 106 Å². The lowest BCUT2D eigenvalue weighted by Crippen LogP contribution is -2.57. The molecule has 3 aromatic carbocycles. The van der Waals surface area contributed by atoms with Crippen molar-refractivity contribution in [3.8, 4) is 0 Å². The molecule has 1 fully saturated rings. The van der Waals surface area contributed by atoms with Crippen LogP contribution in [0.2, 0.25) is 5.02 Å². The normalized spacial score (nSPS) is 23.6. The van der Waals surface area contributed by atoms with Gasteiger partial charge in [-0.3, -0.25) is 9.59 Å². The van der Waals surface area contributed by atoms with Crippen molar-refractivity contribution < 1.29 is 14.7 Å². The number of hydrogen-bond acceptors (Lipinski definition) is 3. The number of nitrogens with zero attached hydrogens (tertiary/aromatic N) is 1. The van der Waals surface area contributed by atoms with Gasteiger partial charge in [-0.1, -0.05) is 85.1 Å². The highest BCUT2D eigenvalue weighted by Crippen LogP contribution is 2.46. The molecule has 1 aliphatic carbocycles. The molecule has 0 saturated heterocycles.